The van der Waals surface area contributed by atoms with Crippen molar-refractivity contribution in [3.63, 3.8) is 0 Å². The molecule has 0 saturated carbocycles. The van der Waals surface area contributed by atoms with Gasteiger partial charge in [0.15, 0.2) is 12.2 Å². The highest BCUT2D eigenvalue weighted by Gasteiger charge is 2.14. The van der Waals surface area contributed by atoms with Gasteiger partial charge in [-0.05, 0) is 35.4 Å². The summed E-state index contributed by atoms with van der Waals surface area (Å²) in [6.45, 7) is 0. The van der Waals surface area contributed by atoms with Crippen LogP contribution in [-0.4, -0.2) is 38.7 Å². The van der Waals surface area contributed by atoms with Crippen LogP contribution in [-0.2, 0) is 9.59 Å². The Hall–Kier alpha value is -4.79. The molecule has 8 heteroatoms. The van der Waals surface area contributed by atoms with Crippen molar-refractivity contribution >= 4 is 29.7 Å². The summed E-state index contributed by atoms with van der Waals surface area (Å²) < 4.78 is 0. The molecule has 0 bridgehead atoms. The van der Waals surface area contributed by atoms with Crippen LogP contribution in [0.1, 0.15) is 23.3 Å². The van der Waals surface area contributed by atoms with Crippen molar-refractivity contribution in [2.24, 2.45) is 4.99 Å². The maximum Gasteiger partial charge on any atom is 0.337 e. The maximum atomic E-state index is 10.2. The first-order valence-corrected chi connectivity index (χ1v) is 11.2. The number of carboxylic acid groups (broad SMARTS) is 2. The second-order valence-corrected chi connectivity index (χ2v) is 7.41. The van der Waals surface area contributed by atoms with Crippen LogP contribution < -0.4 is 5.32 Å². The number of nitrogens with one attached hydrogen (secondary N) is 1. The zero-order valence-electron chi connectivity index (χ0n) is 19.8. The molecule has 0 aliphatic rings. The lowest BCUT2D eigenvalue weighted by Gasteiger charge is -2.03. The monoisotopic (exact) mass is 500 g/mol. The Labute approximate surface area is 214 Å². The fraction of sp³-hybridized carbons (Fsp3) is 0.0690. The molecule has 0 saturated heterocycles. The lowest BCUT2D eigenvalue weighted by atomic mass is 10.1. The minimum absolute atomic E-state index is 0.403. The third-order valence-corrected chi connectivity index (χ3v) is 4.67. The molecule has 0 fully saturated rings. The summed E-state index contributed by atoms with van der Waals surface area (Å²) in [7, 11) is 0. The van der Waals surface area contributed by atoms with Gasteiger partial charge in [-0.2, -0.15) is 0 Å². The number of carbonyl (C=O) groups is 2. The topological polar surface area (TPSA) is 139 Å². The highest BCUT2D eigenvalue weighted by molar-refractivity contribution is 5.77. The molecule has 0 amide bonds. The van der Waals surface area contributed by atoms with E-state index in [0.717, 1.165) is 11.4 Å². The van der Waals surface area contributed by atoms with Gasteiger partial charge in [-0.15, -0.1) is 0 Å². The third-order valence-electron chi connectivity index (χ3n) is 4.67. The number of para-hydroxylation sites is 2. The van der Waals surface area contributed by atoms with Crippen LogP contribution in [0.25, 0.3) is 0 Å². The number of hydrogen-bond donors (Lipinski definition) is 5. The molecule has 4 aromatic carbocycles. The number of rotatable bonds is 7. The van der Waals surface area contributed by atoms with Gasteiger partial charge < -0.3 is 25.7 Å². The molecule has 4 rings (SSSR count). The molecular weight excluding hydrogens is 472 g/mol. The van der Waals surface area contributed by atoms with Crippen molar-refractivity contribution in [2.45, 2.75) is 12.2 Å². The van der Waals surface area contributed by atoms with E-state index in [0.29, 0.717) is 11.1 Å². The molecule has 37 heavy (non-hydrogen) atoms. The molecule has 0 heterocycles. The smallest absolute Gasteiger partial charge is 0.337 e. The van der Waals surface area contributed by atoms with Gasteiger partial charge in [0.1, 0.15) is 0 Å². The van der Waals surface area contributed by atoms with E-state index in [1.807, 2.05) is 60.7 Å². The second kappa shape index (κ2) is 16.0. The number of benzene rings is 4. The maximum absolute atomic E-state index is 10.2. The minimum atomic E-state index is -1.41. The number of aliphatic hydroxyl groups excluding tert-OH is 2. The molecule has 0 aliphatic carbocycles. The predicted molar refractivity (Wildman–Crippen MR) is 143 cm³/mol. The summed E-state index contributed by atoms with van der Waals surface area (Å²) in [5.74, 6) is -2.45. The lowest BCUT2D eigenvalue weighted by Crippen LogP contribution is -2.09. The van der Waals surface area contributed by atoms with E-state index in [4.69, 9.17) is 20.4 Å². The molecular formula is C29H28N2O6. The quantitative estimate of drug-likeness (QED) is 0.176. The van der Waals surface area contributed by atoms with Crippen LogP contribution in [0.4, 0.5) is 11.4 Å². The fourth-order valence-electron chi connectivity index (χ4n) is 2.79. The van der Waals surface area contributed by atoms with Crippen molar-refractivity contribution in [3.8, 4) is 0 Å². The second-order valence-electron chi connectivity index (χ2n) is 7.41. The van der Waals surface area contributed by atoms with Crippen molar-refractivity contribution in [1.82, 2.24) is 0 Å². The summed E-state index contributed by atoms with van der Waals surface area (Å²) in [6, 6.07) is 36.3. The molecule has 0 radical (unpaired) electrons. The van der Waals surface area contributed by atoms with Crippen molar-refractivity contribution in [3.05, 3.63) is 132 Å². The Morgan fingerprint density at radius 1 is 0.595 bits per heavy atom. The zero-order valence-corrected chi connectivity index (χ0v) is 19.8. The van der Waals surface area contributed by atoms with Crippen molar-refractivity contribution in [1.29, 1.82) is 0 Å². The third kappa shape index (κ3) is 11.0. The number of nitrogens with zero attached hydrogens (tertiary/aromatic N) is 1. The van der Waals surface area contributed by atoms with E-state index in [1.54, 1.807) is 67.0 Å². The van der Waals surface area contributed by atoms with Gasteiger partial charge in [0, 0.05) is 5.69 Å². The van der Waals surface area contributed by atoms with E-state index >= 15 is 0 Å². The minimum Gasteiger partial charge on any atom is -0.479 e. The normalized spacial score (nSPS) is 11.6. The highest BCUT2D eigenvalue weighted by Crippen LogP contribution is 2.12. The first kappa shape index (κ1) is 28.4. The summed E-state index contributed by atoms with van der Waals surface area (Å²) in [5, 5.41) is 37.9. The number of carboxylic acids is 2. The first-order chi connectivity index (χ1) is 17.9. The summed E-state index contributed by atoms with van der Waals surface area (Å²) in [4.78, 5) is 24.8. The average molecular weight is 501 g/mol. The van der Waals surface area contributed by atoms with Crippen LogP contribution in [0.2, 0.25) is 0 Å². The van der Waals surface area contributed by atoms with Crippen molar-refractivity contribution in [2.75, 3.05) is 5.32 Å². The molecule has 0 spiro atoms. The first-order valence-electron chi connectivity index (χ1n) is 11.2. The van der Waals surface area contributed by atoms with E-state index in [2.05, 4.69) is 10.3 Å². The van der Waals surface area contributed by atoms with E-state index in [1.165, 1.54) is 0 Å². The Morgan fingerprint density at radius 3 is 1.32 bits per heavy atom. The van der Waals surface area contributed by atoms with Crippen LogP contribution >= 0.6 is 0 Å². The van der Waals surface area contributed by atoms with Crippen molar-refractivity contribution < 1.29 is 30.0 Å². The standard InChI is InChI=1S/C13H12N2.2C8H8O3/c1-3-7-12(8-4-1)14-11-15-13-9-5-2-6-10-13;2*9-7(8(10)11)6-4-2-1-3-5-6/h1-11H,(H,14,15);2*1-5,7,9H,(H,10,11). The van der Waals surface area contributed by atoms with Gasteiger partial charge in [-0.3, -0.25) is 0 Å². The number of anilines is 1. The highest BCUT2D eigenvalue weighted by atomic mass is 16.4. The molecule has 8 nitrogen and oxygen atoms in total. The Kier molecular flexibility index (Phi) is 12.3. The predicted octanol–water partition coefficient (Wildman–Crippen LogP) is 5.07. The van der Waals surface area contributed by atoms with Gasteiger partial charge in [0.05, 0.1) is 12.0 Å². The Balaban J connectivity index is 0.000000199. The fourth-order valence-corrected chi connectivity index (χ4v) is 2.79. The van der Waals surface area contributed by atoms with Gasteiger partial charge in [0.25, 0.3) is 0 Å². The number of aliphatic hydroxyl groups is 2. The van der Waals surface area contributed by atoms with Crippen LogP contribution in [0.15, 0.2) is 126 Å². The Bertz CT molecular complexity index is 1170. The van der Waals surface area contributed by atoms with Gasteiger partial charge in [0.2, 0.25) is 0 Å². The van der Waals surface area contributed by atoms with Crippen LogP contribution in [0.3, 0.4) is 0 Å². The van der Waals surface area contributed by atoms with Crippen LogP contribution in [0, 0.1) is 0 Å². The van der Waals surface area contributed by atoms with E-state index < -0.39 is 24.1 Å². The van der Waals surface area contributed by atoms with Gasteiger partial charge in [-0.1, -0.05) is 97.1 Å². The van der Waals surface area contributed by atoms with Gasteiger partial charge in [-0.25, -0.2) is 14.6 Å². The van der Waals surface area contributed by atoms with Crippen LogP contribution in [0.5, 0.6) is 0 Å². The zero-order chi connectivity index (χ0) is 26.9. The summed E-state index contributed by atoms with van der Waals surface area (Å²) in [5.41, 5.74) is 2.79. The molecule has 5 N–H and O–H groups in total. The lowest BCUT2D eigenvalue weighted by molar-refractivity contribution is -0.147. The number of hydrogen-bond acceptors (Lipinski definition) is 5. The summed E-state index contributed by atoms with van der Waals surface area (Å²) in [6.07, 6.45) is -1.11. The summed E-state index contributed by atoms with van der Waals surface area (Å²) >= 11 is 0. The Morgan fingerprint density at radius 2 is 0.946 bits per heavy atom. The number of aliphatic carboxylic acids is 2. The van der Waals surface area contributed by atoms with E-state index in [9.17, 15) is 9.59 Å². The molecule has 2 atom stereocenters. The SMILES string of the molecule is C(=Nc1ccccc1)Nc1ccccc1.O=C(O)C(O)c1ccccc1.O=C(O)C(O)c1ccccc1. The molecule has 190 valence electrons. The average Bonchev–Trinajstić information content (AvgIpc) is 2.95. The van der Waals surface area contributed by atoms with Gasteiger partial charge >= 0.3 is 11.9 Å². The number of aliphatic imine (C=N–C) groups is 1. The largest absolute Gasteiger partial charge is 0.479 e. The molecule has 0 aromatic heterocycles. The molecule has 2 unspecified atom stereocenters. The molecule has 0 aliphatic heterocycles. The van der Waals surface area contributed by atoms with E-state index in [-0.39, 0.29) is 0 Å². The molecule has 4 aromatic rings.